The van der Waals surface area contributed by atoms with Crippen molar-refractivity contribution in [2.24, 2.45) is 0 Å². The van der Waals surface area contributed by atoms with Gasteiger partial charge < -0.3 is 9.72 Å². The Morgan fingerprint density at radius 3 is 2.80 bits per heavy atom. The number of hydrogen-bond donors (Lipinski definition) is 1. The number of hydrogen-bond acceptors (Lipinski definition) is 3. The summed E-state index contributed by atoms with van der Waals surface area (Å²) in [5.74, 6) is 0.113. The van der Waals surface area contributed by atoms with Crippen LogP contribution in [0.1, 0.15) is 29.4 Å². The van der Waals surface area contributed by atoms with E-state index in [2.05, 4.69) is 45.9 Å². The number of amides is 1. The summed E-state index contributed by atoms with van der Waals surface area (Å²) in [6, 6.07) is 16.5. The van der Waals surface area contributed by atoms with E-state index in [9.17, 15) is 4.79 Å². The number of fused-ring (bicyclic) bond motifs is 1. The van der Waals surface area contributed by atoms with Crippen molar-refractivity contribution in [1.29, 1.82) is 0 Å². The van der Waals surface area contributed by atoms with Crippen LogP contribution in [-0.4, -0.2) is 33.3 Å². The Hall–Kier alpha value is -2.66. The Morgan fingerprint density at radius 2 is 2.00 bits per heavy atom. The normalized spacial score (nSPS) is 18.9. The molecule has 0 spiro atoms. The number of aromatic nitrogens is 2. The summed E-state index contributed by atoms with van der Waals surface area (Å²) >= 11 is 0. The molecule has 0 bridgehead atoms. The molecule has 1 aromatic carbocycles. The highest BCUT2D eigenvalue weighted by molar-refractivity contribution is 5.77. The molecule has 3 aromatic rings. The molecular formula is C20H22N4O. The second-order valence-electron chi connectivity index (χ2n) is 6.58. The van der Waals surface area contributed by atoms with Crippen LogP contribution in [0.15, 0.2) is 54.7 Å². The van der Waals surface area contributed by atoms with Crippen molar-refractivity contribution in [3.05, 3.63) is 71.7 Å². The summed E-state index contributed by atoms with van der Waals surface area (Å²) in [6.07, 6.45) is 2.59. The fraction of sp³-hybridized carbons (Fsp3) is 0.300. The minimum Gasteiger partial charge on any atom is -0.355 e. The third-order valence-corrected chi connectivity index (χ3v) is 4.84. The Labute approximate surface area is 147 Å². The molecule has 1 fully saturated rings. The smallest absolute Gasteiger partial charge is 0.221 e. The third kappa shape index (κ3) is 3.28. The predicted octanol–water partition coefficient (Wildman–Crippen LogP) is 2.71. The van der Waals surface area contributed by atoms with Crippen molar-refractivity contribution in [3.63, 3.8) is 0 Å². The highest BCUT2D eigenvalue weighted by Crippen LogP contribution is 2.27. The number of carbonyl (C=O) groups is 1. The average molecular weight is 334 g/mol. The molecule has 1 atom stereocenters. The third-order valence-electron chi connectivity index (χ3n) is 4.84. The van der Waals surface area contributed by atoms with Gasteiger partial charge in [-0.15, -0.1) is 0 Å². The fourth-order valence-corrected chi connectivity index (χ4v) is 3.55. The molecule has 2 aromatic heterocycles. The Balaban J connectivity index is 1.65. The molecule has 1 N–H and O–H groups in total. The molecule has 25 heavy (non-hydrogen) atoms. The van der Waals surface area contributed by atoms with Crippen LogP contribution in [0.4, 0.5) is 0 Å². The monoisotopic (exact) mass is 334 g/mol. The van der Waals surface area contributed by atoms with Crippen LogP contribution < -0.4 is 5.32 Å². The van der Waals surface area contributed by atoms with Crippen LogP contribution in [0.25, 0.3) is 5.65 Å². The Kier molecular flexibility index (Phi) is 4.24. The predicted molar refractivity (Wildman–Crippen MR) is 97.1 cm³/mol. The fourth-order valence-electron chi connectivity index (χ4n) is 3.55. The first-order valence-electron chi connectivity index (χ1n) is 8.70. The maximum absolute atomic E-state index is 12.1. The van der Waals surface area contributed by atoms with Gasteiger partial charge in [-0.3, -0.25) is 9.69 Å². The van der Waals surface area contributed by atoms with Gasteiger partial charge in [0.15, 0.2) is 0 Å². The standard InChI is InChI=1S/C20H22N4O/c1-15-6-5-9-19-22-17(14-24(15)19)13-23-11-10-21-20(25)12-18(23)16-7-3-2-4-8-16/h2-9,14,18H,10-13H2,1H3,(H,21,25). The molecule has 1 saturated heterocycles. The van der Waals surface area contributed by atoms with Crippen LogP contribution in [-0.2, 0) is 11.3 Å². The van der Waals surface area contributed by atoms with Crippen molar-refractivity contribution >= 4 is 11.6 Å². The number of imidazole rings is 1. The summed E-state index contributed by atoms with van der Waals surface area (Å²) in [5, 5.41) is 2.99. The van der Waals surface area contributed by atoms with Gasteiger partial charge in [-0.05, 0) is 24.6 Å². The molecule has 1 aliphatic heterocycles. The van der Waals surface area contributed by atoms with Crippen molar-refractivity contribution in [1.82, 2.24) is 19.6 Å². The zero-order valence-electron chi connectivity index (χ0n) is 14.4. The minimum absolute atomic E-state index is 0.0783. The van der Waals surface area contributed by atoms with E-state index in [4.69, 9.17) is 4.98 Å². The zero-order valence-corrected chi connectivity index (χ0v) is 14.4. The molecule has 1 amide bonds. The van der Waals surface area contributed by atoms with Gasteiger partial charge in [0.25, 0.3) is 0 Å². The van der Waals surface area contributed by atoms with E-state index in [0.717, 1.165) is 24.4 Å². The number of pyridine rings is 1. The lowest BCUT2D eigenvalue weighted by molar-refractivity contribution is -0.121. The van der Waals surface area contributed by atoms with Crippen molar-refractivity contribution < 1.29 is 4.79 Å². The maximum atomic E-state index is 12.1. The van der Waals surface area contributed by atoms with Crippen molar-refractivity contribution in [2.45, 2.75) is 25.9 Å². The first-order valence-corrected chi connectivity index (χ1v) is 8.70. The van der Waals surface area contributed by atoms with E-state index < -0.39 is 0 Å². The molecule has 5 heteroatoms. The Morgan fingerprint density at radius 1 is 1.16 bits per heavy atom. The van der Waals surface area contributed by atoms with Gasteiger partial charge in [0.1, 0.15) is 5.65 Å². The highest BCUT2D eigenvalue weighted by atomic mass is 16.1. The molecule has 1 aliphatic rings. The Bertz CT molecular complexity index is 887. The highest BCUT2D eigenvalue weighted by Gasteiger charge is 2.26. The number of benzene rings is 1. The lowest BCUT2D eigenvalue weighted by Gasteiger charge is -2.28. The van der Waals surface area contributed by atoms with Gasteiger partial charge in [-0.2, -0.15) is 0 Å². The minimum atomic E-state index is 0.0783. The lowest BCUT2D eigenvalue weighted by Crippen LogP contribution is -2.30. The number of nitrogens with one attached hydrogen (secondary N) is 1. The average Bonchev–Trinajstić information content (AvgIpc) is 2.94. The van der Waals surface area contributed by atoms with E-state index in [-0.39, 0.29) is 11.9 Å². The SMILES string of the molecule is Cc1cccc2nc(CN3CCNC(=O)CC3c3ccccc3)cn12. The van der Waals surface area contributed by atoms with Gasteiger partial charge in [-0.25, -0.2) is 4.98 Å². The van der Waals surface area contributed by atoms with Gasteiger partial charge in [0.2, 0.25) is 5.91 Å². The second-order valence-corrected chi connectivity index (χ2v) is 6.58. The van der Waals surface area contributed by atoms with Crippen LogP contribution in [0, 0.1) is 6.92 Å². The summed E-state index contributed by atoms with van der Waals surface area (Å²) in [4.78, 5) is 19.2. The number of aryl methyl sites for hydroxylation is 1. The summed E-state index contributed by atoms with van der Waals surface area (Å²) < 4.78 is 2.12. The molecule has 1 unspecified atom stereocenters. The van der Waals surface area contributed by atoms with E-state index >= 15 is 0 Å². The summed E-state index contributed by atoms with van der Waals surface area (Å²) in [6.45, 7) is 4.31. The quantitative estimate of drug-likeness (QED) is 0.801. The number of rotatable bonds is 3. The van der Waals surface area contributed by atoms with Crippen molar-refractivity contribution in [2.75, 3.05) is 13.1 Å². The molecule has 0 radical (unpaired) electrons. The molecule has 128 valence electrons. The first kappa shape index (κ1) is 15.8. The summed E-state index contributed by atoms with van der Waals surface area (Å²) in [5.41, 5.74) is 4.35. The molecular weight excluding hydrogens is 312 g/mol. The van der Waals surface area contributed by atoms with Crippen LogP contribution in [0.2, 0.25) is 0 Å². The van der Waals surface area contributed by atoms with Gasteiger partial charge in [0.05, 0.1) is 5.69 Å². The lowest BCUT2D eigenvalue weighted by atomic mass is 10.0. The molecule has 4 rings (SSSR count). The van der Waals surface area contributed by atoms with Crippen molar-refractivity contribution in [3.8, 4) is 0 Å². The molecule has 3 heterocycles. The van der Waals surface area contributed by atoms with Crippen LogP contribution in [0.3, 0.4) is 0 Å². The number of carbonyl (C=O) groups excluding carboxylic acids is 1. The van der Waals surface area contributed by atoms with E-state index in [1.165, 1.54) is 11.3 Å². The van der Waals surface area contributed by atoms with Gasteiger partial charge in [-0.1, -0.05) is 36.4 Å². The largest absolute Gasteiger partial charge is 0.355 e. The zero-order chi connectivity index (χ0) is 17.2. The first-order chi connectivity index (χ1) is 12.2. The van der Waals surface area contributed by atoms with Gasteiger partial charge in [0, 0.05) is 44.0 Å². The maximum Gasteiger partial charge on any atom is 0.221 e. The topological polar surface area (TPSA) is 49.6 Å². The molecule has 5 nitrogen and oxygen atoms in total. The van der Waals surface area contributed by atoms with E-state index in [1.807, 2.05) is 30.3 Å². The van der Waals surface area contributed by atoms with E-state index in [1.54, 1.807) is 0 Å². The van der Waals surface area contributed by atoms with Crippen LogP contribution in [0.5, 0.6) is 0 Å². The van der Waals surface area contributed by atoms with Gasteiger partial charge >= 0.3 is 0 Å². The van der Waals surface area contributed by atoms with Crippen LogP contribution >= 0.6 is 0 Å². The summed E-state index contributed by atoms with van der Waals surface area (Å²) in [7, 11) is 0. The molecule has 0 aliphatic carbocycles. The number of nitrogens with zero attached hydrogens (tertiary/aromatic N) is 3. The molecule has 0 saturated carbocycles. The second kappa shape index (κ2) is 6.69. The van der Waals surface area contributed by atoms with E-state index in [0.29, 0.717) is 13.0 Å².